The molecule has 2 N–H and O–H groups in total. The van der Waals surface area contributed by atoms with Crippen molar-refractivity contribution in [2.75, 3.05) is 24.8 Å². The van der Waals surface area contributed by atoms with Crippen LogP contribution in [0.2, 0.25) is 0 Å². The van der Waals surface area contributed by atoms with E-state index in [1.165, 1.54) is 6.33 Å². The van der Waals surface area contributed by atoms with Crippen molar-refractivity contribution in [1.82, 2.24) is 9.97 Å². The molecule has 1 heterocycles. The molecule has 5 heteroatoms. The molecule has 0 aliphatic heterocycles. The van der Waals surface area contributed by atoms with Crippen LogP contribution in [0, 0.1) is 13.8 Å². The third-order valence-electron chi connectivity index (χ3n) is 2.86. The summed E-state index contributed by atoms with van der Waals surface area (Å²) in [5.41, 5.74) is 3.16. The molecular weight excluding hydrogens is 240 g/mol. The molecule has 0 spiro atoms. The van der Waals surface area contributed by atoms with E-state index in [0.717, 1.165) is 34.2 Å². The fourth-order valence-corrected chi connectivity index (χ4v) is 2.05. The molecule has 100 valence electrons. The molecular formula is C14H18N4O. The Morgan fingerprint density at radius 3 is 2.21 bits per heavy atom. The number of ether oxygens (including phenoxy) is 1. The average Bonchev–Trinajstić information content (AvgIpc) is 2.38. The second kappa shape index (κ2) is 5.56. The molecule has 0 unspecified atom stereocenters. The van der Waals surface area contributed by atoms with Crippen LogP contribution in [0.4, 0.5) is 17.3 Å². The first-order valence-electron chi connectivity index (χ1n) is 6.06. The van der Waals surface area contributed by atoms with Crippen LogP contribution in [0.25, 0.3) is 0 Å². The first-order chi connectivity index (χ1) is 9.13. The summed E-state index contributed by atoms with van der Waals surface area (Å²) in [6.07, 6.45) is 1.53. The van der Waals surface area contributed by atoms with Crippen LogP contribution in [0.1, 0.15) is 11.1 Å². The topological polar surface area (TPSA) is 59.1 Å². The lowest BCUT2D eigenvalue weighted by Crippen LogP contribution is -1.99. The fraction of sp³-hybridized carbons (Fsp3) is 0.286. The summed E-state index contributed by atoms with van der Waals surface area (Å²) in [5.74, 6) is 2.45. The summed E-state index contributed by atoms with van der Waals surface area (Å²) in [7, 11) is 3.51. The Morgan fingerprint density at radius 2 is 1.63 bits per heavy atom. The second-order valence-corrected chi connectivity index (χ2v) is 4.31. The van der Waals surface area contributed by atoms with Crippen molar-refractivity contribution in [3.8, 4) is 5.75 Å². The number of methoxy groups -OCH3 is 1. The van der Waals surface area contributed by atoms with Gasteiger partial charge < -0.3 is 15.4 Å². The lowest BCUT2D eigenvalue weighted by Gasteiger charge is -2.12. The molecule has 1 aromatic carbocycles. The maximum Gasteiger partial charge on any atom is 0.135 e. The number of anilines is 3. The van der Waals surface area contributed by atoms with Crippen LogP contribution < -0.4 is 15.4 Å². The molecule has 2 rings (SSSR count). The lowest BCUT2D eigenvalue weighted by molar-refractivity contribution is 0.408. The van der Waals surface area contributed by atoms with Gasteiger partial charge in [-0.3, -0.25) is 0 Å². The van der Waals surface area contributed by atoms with Gasteiger partial charge in [-0.2, -0.15) is 0 Å². The van der Waals surface area contributed by atoms with Crippen LogP contribution in [-0.2, 0) is 0 Å². The standard InChI is InChI=1S/C14H18N4O/c1-9-5-11(6-10(2)14(9)19-4)18-13-7-12(15-3)16-8-17-13/h5-8H,1-4H3,(H2,15,16,17,18). The highest BCUT2D eigenvalue weighted by Gasteiger charge is 2.06. The van der Waals surface area contributed by atoms with Gasteiger partial charge in [0.05, 0.1) is 7.11 Å². The number of hydrogen-bond acceptors (Lipinski definition) is 5. The van der Waals surface area contributed by atoms with Crippen molar-refractivity contribution in [1.29, 1.82) is 0 Å². The van der Waals surface area contributed by atoms with Crippen LogP contribution in [0.3, 0.4) is 0 Å². The highest BCUT2D eigenvalue weighted by Crippen LogP contribution is 2.28. The summed E-state index contributed by atoms with van der Waals surface area (Å²) in [5, 5.41) is 6.25. The van der Waals surface area contributed by atoms with Crippen molar-refractivity contribution in [2.24, 2.45) is 0 Å². The smallest absolute Gasteiger partial charge is 0.135 e. The van der Waals surface area contributed by atoms with Crippen LogP contribution in [0.5, 0.6) is 5.75 Å². The SMILES string of the molecule is CNc1cc(Nc2cc(C)c(OC)c(C)c2)ncn1. The van der Waals surface area contributed by atoms with E-state index in [1.54, 1.807) is 7.11 Å². The van der Waals surface area contributed by atoms with Crippen LogP contribution in [-0.4, -0.2) is 24.1 Å². The minimum absolute atomic E-state index is 0.753. The Morgan fingerprint density at radius 1 is 1.00 bits per heavy atom. The minimum atomic E-state index is 0.753. The molecule has 0 saturated heterocycles. The van der Waals surface area contributed by atoms with E-state index in [0.29, 0.717) is 0 Å². The van der Waals surface area contributed by atoms with E-state index >= 15 is 0 Å². The van der Waals surface area contributed by atoms with E-state index in [9.17, 15) is 0 Å². The van der Waals surface area contributed by atoms with E-state index in [4.69, 9.17) is 4.74 Å². The molecule has 0 bridgehead atoms. The first-order valence-corrected chi connectivity index (χ1v) is 6.06. The Hall–Kier alpha value is -2.30. The minimum Gasteiger partial charge on any atom is -0.496 e. The maximum atomic E-state index is 5.35. The van der Waals surface area contributed by atoms with Gasteiger partial charge in [-0.1, -0.05) is 0 Å². The molecule has 1 aromatic heterocycles. The number of nitrogens with one attached hydrogen (secondary N) is 2. The number of rotatable bonds is 4. The number of aryl methyl sites for hydroxylation is 2. The van der Waals surface area contributed by atoms with Gasteiger partial charge in [0.15, 0.2) is 0 Å². The predicted molar refractivity (Wildman–Crippen MR) is 77.3 cm³/mol. The van der Waals surface area contributed by atoms with Crippen LogP contribution in [0.15, 0.2) is 24.5 Å². The van der Waals surface area contributed by atoms with Gasteiger partial charge in [0.2, 0.25) is 0 Å². The van der Waals surface area contributed by atoms with Gasteiger partial charge in [-0.15, -0.1) is 0 Å². The van der Waals surface area contributed by atoms with Gasteiger partial charge in [0.25, 0.3) is 0 Å². The van der Waals surface area contributed by atoms with E-state index in [1.807, 2.05) is 39.1 Å². The Bertz CT molecular complexity index is 560. The van der Waals surface area contributed by atoms with Gasteiger partial charge in [-0.05, 0) is 37.1 Å². The van der Waals surface area contributed by atoms with Crippen molar-refractivity contribution < 1.29 is 4.74 Å². The number of nitrogens with zero attached hydrogens (tertiary/aromatic N) is 2. The van der Waals surface area contributed by atoms with Gasteiger partial charge in [-0.25, -0.2) is 9.97 Å². The lowest BCUT2D eigenvalue weighted by atomic mass is 10.1. The highest BCUT2D eigenvalue weighted by atomic mass is 16.5. The molecule has 0 fully saturated rings. The van der Waals surface area contributed by atoms with Crippen molar-refractivity contribution in [3.05, 3.63) is 35.7 Å². The van der Waals surface area contributed by atoms with Crippen molar-refractivity contribution >= 4 is 17.3 Å². The Kier molecular flexibility index (Phi) is 3.85. The van der Waals surface area contributed by atoms with E-state index < -0.39 is 0 Å². The van der Waals surface area contributed by atoms with Gasteiger partial charge >= 0.3 is 0 Å². The number of benzene rings is 1. The zero-order valence-corrected chi connectivity index (χ0v) is 11.6. The summed E-state index contributed by atoms with van der Waals surface area (Å²) < 4.78 is 5.35. The maximum absolute atomic E-state index is 5.35. The Balaban J connectivity index is 2.28. The molecule has 0 aliphatic rings. The van der Waals surface area contributed by atoms with Gasteiger partial charge in [0.1, 0.15) is 23.7 Å². The fourth-order valence-electron chi connectivity index (χ4n) is 2.05. The Labute approximate surface area is 113 Å². The van der Waals surface area contributed by atoms with Gasteiger partial charge in [0, 0.05) is 18.8 Å². The average molecular weight is 258 g/mol. The summed E-state index contributed by atoms with van der Waals surface area (Å²) in [4.78, 5) is 8.27. The predicted octanol–water partition coefficient (Wildman–Crippen LogP) is 2.89. The summed E-state index contributed by atoms with van der Waals surface area (Å²) >= 11 is 0. The molecule has 0 radical (unpaired) electrons. The molecule has 0 atom stereocenters. The molecule has 19 heavy (non-hydrogen) atoms. The monoisotopic (exact) mass is 258 g/mol. The number of aromatic nitrogens is 2. The number of hydrogen-bond donors (Lipinski definition) is 2. The second-order valence-electron chi connectivity index (χ2n) is 4.31. The third-order valence-corrected chi connectivity index (χ3v) is 2.86. The van der Waals surface area contributed by atoms with Crippen molar-refractivity contribution in [2.45, 2.75) is 13.8 Å². The quantitative estimate of drug-likeness (QED) is 0.883. The van der Waals surface area contributed by atoms with Crippen LogP contribution >= 0.6 is 0 Å². The van der Waals surface area contributed by atoms with E-state index in [-0.39, 0.29) is 0 Å². The molecule has 0 aliphatic carbocycles. The third kappa shape index (κ3) is 2.93. The summed E-state index contributed by atoms with van der Waals surface area (Å²) in [6, 6.07) is 5.93. The highest BCUT2D eigenvalue weighted by molar-refractivity contribution is 5.63. The molecule has 5 nitrogen and oxygen atoms in total. The van der Waals surface area contributed by atoms with E-state index in [2.05, 4.69) is 20.6 Å². The molecule has 0 saturated carbocycles. The molecule has 2 aromatic rings. The molecule has 0 amide bonds. The van der Waals surface area contributed by atoms with Crippen molar-refractivity contribution in [3.63, 3.8) is 0 Å². The largest absolute Gasteiger partial charge is 0.496 e. The first kappa shape index (κ1) is 13.1. The zero-order valence-electron chi connectivity index (χ0n) is 11.6. The zero-order chi connectivity index (χ0) is 13.8. The normalized spacial score (nSPS) is 10.1. The summed E-state index contributed by atoms with van der Waals surface area (Å²) in [6.45, 7) is 4.05.